The van der Waals surface area contributed by atoms with Crippen LogP contribution in [-0.2, 0) is 22.6 Å². The number of Topliss-reactive ketones (excluding diaryl/α,β-unsaturated/α-hetero) is 1. The van der Waals surface area contributed by atoms with E-state index in [1.807, 2.05) is 37.3 Å². The molecule has 10 nitrogen and oxygen atoms in total. The number of carbonyl (C=O) groups is 3. The topological polar surface area (TPSA) is 123 Å². The van der Waals surface area contributed by atoms with Gasteiger partial charge in [-0.15, -0.1) is 0 Å². The molecule has 1 aromatic carbocycles. The zero-order chi connectivity index (χ0) is 30.5. The summed E-state index contributed by atoms with van der Waals surface area (Å²) in [6.45, 7) is 7.47. The summed E-state index contributed by atoms with van der Waals surface area (Å²) in [5.41, 5.74) is 3.65. The van der Waals surface area contributed by atoms with Gasteiger partial charge in [0.25, 0.3) is 0 Å². The number of piperidine rings is 1. The lowest BCUT2D eigenvalue weighted by atomic mass is 10.0. The quantitative estimate of drug-likeness (QED) is 0.188. The minimum Gasteiger partial charge on any atom is -0.325 e. The second kappa shape index (κ2) is 11.3. The summed E-state index contributed by atoms with van der Waals surface area (Å²) in [6.07, 6.45) is 7.95. The van der Waals surface area contributed by atoms with Crippen molar-refractivity contribution in [3.05, 3.63) is 64.4 Å². The molecule has 3 aromatic heterocycles. The number of nitrogens with one attached hydrogen (secondary N) is 1. The standard InChI is InChI=1S/C32H34BrN7O3/c1-5-6-7-20-10-27(33)36-28(11-20)37-31(43)25-13-32(4)14-26(32)40(25)29(42)17-39-24-9-8-21(22-15-34-19(3)35-16-22)12-23(24)30(38-39)18(2)41/h8-12,15-16,25-26H,5-7,13-14,17H2,1-4H3,(H,36,37,43)/t25-,26+,32-/m0/s1. The van der Waals surface area contributed by atoms with Crippen LogP contribution in [0.15, 0.2) is 47.3 Å². The Kier molecular flexibility index (Phi) is 7.62. The molecule has 0 bridgehead atoms. The predicted molar refractivity (Wildman–Crippen MR) is 166 cm³/mol. The third-order valence-corrected chi connectivity index (χ3v) is 9.04. The highest BCUT2D eigenvalue weighted by molar-refractivity contribution is 9.10. The van der Waals surface area contributed by atoms with Crippen LogP contribution in [0.2, 0.25) is 0 Å². The molecule has 4 heterocycles. The number of ketones is 1. The fourth-order valence-corrected chi connectivity index (χ4v) is 6.68. The number of likely N-dealkylation sites (tertiary alicyclic amines) is 1. The van der Waals surface area contributed by atoms with Crippen LogP contribution in [0.3, 0.4) is 0 Å². The van der Waals surface area contributed by atoms with Crippen molar-refractivity contribution in [2.75, 3.05) is 5.32 Å². The summed E-state index contributed by atoms with van der Waals surface area (Å²) in [6, 6.07) is 8.91. The first-order chi connectivity index (χ1) is 20.6. The molecule has 222 valence electrons. The number of aryl methyl sites for hydroxylation is 2. The van der Waals surface area contributed by atoms with Crippen molar-refractivity contribution in [2.45, 2.75) is 78.4 Å². The van der Waals surface area contributed by atoms with E-state index in [0.717, 1.165) is 42.4 Å². The summed E-state index contributed by atoms with van der Waals surface area (Å²) in [4.78, 5) is 54.8. The number of nitrogens with zero attached hydrogens (tertiary/aromatic N) is 6. The molecule has 1 saturated carbocycles. The van der Waals surface area contributed by atoms with E-state index < -0.39 is 6.04 Å². The van der Waals surface area contributed by atoms with E-state index in [1.165, 1.54) is 6.92 Å². The van der Waals surface area contributed by atoms with Gasteiger partial charge in [-0.2, -0.15) is 5.10 Å². The van der Waals surface area contributed by atoms with Crippen LogP contribution in [0.25, 0.3) is 22.0 Å². The van der Waals surface area contributed by atoms with Crippen molar-refractivity contribution in [1.29, 1.82) is 0 Å². The number of halogens is 1. The number of aromatic nitrogens is 5. The van der Waals surface area contributed by atoms with Crippen molar-refractivity contribution in [1.82, 2.24) is 29.6 Å². The van der Waals surface area contributed by atoms with Gasteiger partial charge in [-0.1, -0.05) is 26.3 Å². The molecule has 43 heavy (non-hydrogen) atoms. The maximum absolute atomic E-state index is 13.9. The van der Waals surface area contributed by atoms with E-state index in [2.05, 4.69) is 55.1 Å². The Balaban J connectivity index is 1.25. The number of amides is 2. The molecule has 2 fully saturated rings. The van der Waals surface area contributed by atoms with E-state index in [9.17, 15) is 14.4 Å². The van der Waals surface area contributed by atoms with Gasteiger partial charge in [-0.05, 0) is 89.3 Å². The number of unbranched alkanes of at least 4 members (excludes halogenated alkanes) is 1. The molecule has 11 heteroatoms. The molecule has 1 aliphatic heterocycles. The fourth-order valence-electron chi connectivity index (χ4n) is 6.20. The van der Waals surface area contributed by atoms with Crippen molar-refractivity contribution in [3.8, 4) is 11.1 Å². The Hall–Kier alpha value is -3.99. The zero-order valence-corrected chi connectivity index (χ0v) is 26.3. The predicted octanol–water partition coefficient (Wildman–Crippen LogP) is 5.52. The third-order valence-electron chi connectivity index (χ3n) is 8.63. The highest BCUT2D eigenvalue weighted by Gasteiger charge is 2.64. The molecule has 6 rings (SSSR count). The summed E-state index contributed by atoms with van der Waals surface area (Å²) in [7, 11) is 0. The second-order valence-corrected chi connectivity index (χ2v) is 12.8. The van der Waals surface area contributed by atoms with Crippen molar-refractivity contribution < 1.29 is 14.4 Å². The summed E-state index contributed by atoms with van der Waals surface area (Å²) < 4.78 is 2.24. The van der Waals surface area contributed by atoms with E-state index in [0.29, 0.717) is 39.3 Å². The molecule has 0 radical (unpaired) electrons. The SMILES string of the molecule is CCCCc1cc(Br)nc(NC(=O)[C@@H]2C[C@@]3(C)C[C@H]3N2C(=O)Cn2nc(C(C)=O)c3cc(-c4cnc(C)nc4)ccc32)c1. The van der Waals surface area contributed by atoms with E-state index >= 15 is 0 Å². The number of benzene rings is 1. The average Bonchev–Trinajstić information content (AvgIpc) is 3.33. The van der Waals surface area contributed by atoms with E-state index in [4.69, 9.17) is 0 Å². The molecule has 3 atom stereocenters. The fraction of sp³-hybridized carbons (Fsp3) is 0.406. The lowest BCUT2D eigenvalue weighted by Crippen LogP contribution is -2.46. The second-order valence-electron chi connectivity index (χ2n) is 12.0. The molecule has 0 unspecified atom stereocenters. The van der Waals surface area contributed by atoms with Crippen molar-refractivity contribution in [3.63, 3.8) is 0 Å². The molecular weight excluding hydrogens is 610 g/mol. The number of fused-ring (bicyclic) bond motifs is 2. The maximum Gasteiger partial charge on any atom is 0.248 e. The van der Waals surface area contributed by atoms with Gasteiger partial charge in [-0.25, -0.2) is 15.0 Å². The lowest BCUT2D eigenvalue weighted by Gasteiger charge is -2.27. The number of carbonyl (C=O) groups excluding carboxylic acids is 3. The Bertz CT molecular complexity index is 1750. The smallest absolute Gasteiger partial charge is 0.248 e. The first kappa shape index (κ1) is 29.1. The van der Waals surface area contributed by atoms with Crippen LogP contribution in [0.1, 0.15) is 68.3 Å². The van der Waals surface area contributed by atoms with Crippen LogP contribution >= 0.6 is 15.9 Å². The minimum atomic E-state index is -0.613. The maximum atomic E-state index is 13.9. The molecule has 1 aliphatic carbocycles. The first-order valence-electron chi connectivity index (χ1n) is 14.7. The highest BCUT2D eigenvalue weighted by Crippen LogP contribution is 2.59. The summed E-state index contributed by atoms with van der Waals surface area (Å²) >= 11 is 3.46. The molecule has 2 amide bonds. The van der Waals surface area contributed by atoms with Gasteiger partial charge in [-0.3, -0.25) is 19.1 Å². The van der Waals surface area contributed by atoms with Gasteiger partial charge in [0, 0.05) is 36.3 Å². The van der Waals surface area contributed by atoms with Gasteiger partial charge < -0.3 is 10.2 Å². The lowest BCUT2D eigenvalue weighted by molar-refractivity contribution is -0.138. The number of pyridine rings is 1. The van der Waals surface area contributed by atoms with Gasteiger partial charge in [0.2, 0.25) is 11.8 Å². The summed E-state index contributed by atoms with van der Waals surface area (Å²) in [5, 5.41) is 8.19. The van der Waals surface area contributed by atoms with Gasteiger partial charge in [0.15, 0.2) is 5.78 Å². The number of hydrogen-bond acceptors (Lipinski definition) is 7. The monoisotopic (exact) mass is 643 g/mol. The Morgan fingerprint density at radius 2 is 1.86 bits per heavy atom. The number of anilines is 1. The first-order valence-corrected chi connectivity index (χ1v) is 15.4. The summed E-state index contributed by atoms with van der Waals surface area (Å²) in [5.74, 6) is 0.510. The van der Waals surface area contributed by atoms with Crippen LogP contribution in [0, 0.1) is 12.3 Å². The van der Waals surface area contributed by atoms with Crippen LogP contribution in [-0.4, -0.2) is 59.3 Å². The molecule has 2 aliphatic rings. The molecule has 1 N–H and O–H groups in total. The molecule has 4 aromatic rings. The number of hydrogen-bond donors (Lipinski definition) is 1. The highest BCUT2D eigenvalue weighted by atomic mass is 79.9. The minimum absolute atomic E-state index is 0.00595. The van der Waals surface area contributed by atoms with Gasteiger partial charge in [0.1, 0.15) is 34.5 Å². The van der Waals surface area contributed by atoms with Gasteiger partial charge >= 0.3 is 0 Å². The van der Waals surface area contributed by atoms with E-state index in [1.54, 1.807) is 22.0 Å². The molecule has 1 saturated heterocycles. The average molecular weight is 645 g/mol. The Labute approximate surface area is 258 Å². The van der Waals surface area contributed by atoms with Crippen molar-refractivity contribution in [2.24, 2.45) is 5.41 Å². The van der Waals surface area contributed by atoms with Crippen LogP contribution in [0.5, 0.6) is 0 Å². The van der Waals surface area contributed by atoms with Crippen LogP contribution in [0.4, 0.5) is 5.82 Å². The molecule has 0 spiro atoms. The normalized spacial score (nSPS) is 20.7. The molecular formula is C32H34BrN7O3. The largest absolute Gasteiger partial charge is 0.325 e. The van der Waals surface area contributed by atoms with Gasteiger partial charge in [0.05, 0.1) is 5.52 Å². The van der Waals surface area contributed by atoms with Crippen LogP contribution < -0.4 is 5.32 Å². The zero-order valence-electron chi connectivity index (χ0n) is 24.7. The van der Waals surface area contributed by atoms with Crippen molar-refractivity contribution >= 4 is 50.2 Å². The van der Waals surface area contributed by atoms with E-state index in [-0.39, 0.29) is 35.6 Å². The number of rotatable bonds is 9. The Morgan fingerprint density at radius 1 is 1.09 bits per heavy atom. The Morgan fingerprint density at radius 3 is 2.58 bits per heavy atom. The third kappa shape index (κ3) is 5.70.